The normalized spacial score (nSPS) is 17.9. The molecule has 1 fully saturated rings. The molecule has 1 atom stereocenters. The summed E-state index contributed by atoms with van der Waals surface area (Å²) in [5.41, 5.74) is 2.15. The first kappa shape index (κ1) is 20.6. The number of imidazole rings is 1. The van der Waals surface area contributed by atoms with Crippen LogP contribution in [0.4, 0.5) is 13.2 Å². The van der Waals surface area contributed by atoms with Crippen molar-refractivity contribution in [1.82, 2.24) is 19.4 Å². The molecule has 0 N–H and O–H groups in total. The molecule has 3 heterocycles. The molecule has 0 saturated carbocycles. The minimum atomic E-state index is -4.31. The van der Waals surface area contributed by atoms with E-state index in [1.807, 2.05) is 36.1 Å². The van der Waals surface area contributed by atoms with Crippen LogP contribution in [0.2, 0.25) is 0 Å². The Kier molecular flexibility index (Phi) is 5.90. The molecule has 0 bridgehead atoms. The van der Waals surface area contributed by atoms with Gasteiger partial charge >= 0.3 is 6.18 Å². The largest absolute Gasteiger partial charge is 0.416 e. The van der Waals surface area contributed by atoms with E-state index in [0.29, 0.717) is 12.3 Å². The molecule has 4 rings (SSSR count). The molecule has 158 valence electrons. The number of likely N-dealkylation sites (tertiary alicyclic amines) is 1. The summed E-state index contributed by atoms with van der Waals surface area (Å²) in [5, 5.41) is 0. The average Bonchev–Trinajstić information content (AvgIpc) is 3.13. The van der Waals surface area contributed by atoms with Gasteiger partial charge in [-0.05, 0) is 49.2 Å². The number of hydrogen-bond acceptors (Lipinski definition) is 3. The highest BCUT2D eigenvalue weighted by atomic mass is 19.4. The van der Waals surface area contributed by atoms with Crippen LogP contribution >= 0.6 is 0 Å². The summed E-state index contributed by atoms with van der Waals surface area (Å²) in [6, 6.07) is 11.3. The van der Waals surface area contributed by atoms with Crippen molar-refractivity contribution >= 4 is 0 Å². The maximum Gasteiger partial charge on any atom is 0.416 e. The molecule has 0 amide bonds. The molecule has 1 aromatic carbocycles. The van der Waals surface area contributed by atoms with E-state index in [-0.39, 0.29) is 0 Å². The molecule has 4 nitrogen and oxygen atoms in total. The van der Waals surface area contributed by atoms with Crippen LogP contribution < -0.4 is 0 Å². The van der Waals surface area contributed by atoms with Gasteiger partial charge in [-0.2, -0.15) is 13.2 Å². The molecule has 30 heavy (non-hydrogen) atoms. The van der Waals surface area contributed by atoms with Crippen molar-refractivity contribution in [3.05, 3.63) is 83.2 Å². The van der Waals surface area contributed by atoms with E-state index in [0.717, 1.165) is 67.4 Å². The predicted octanol–water partition coefficient (Wildman–Crippen LogP) is 4.80. The summed E-state index contributed by atoms with van der Waals surface area (Å²) in [7, 11) is 2.01. The van der Waals surface area contributed by atoms with Gasteiger partial charge in [-0.25, -0.2) is 4.98 Å². The Balaban J connectivity index is 1.43. The lowest BCUT2D eigenvalue weighted by Gasteiger charge is -2.32. The van der Waals surface area contributed by atoms with Gasteiger partial charge < -0.3 is 4.57 Å². The number of aromatic nitrogens is 3. The Morgan fingerprint density at radius 2 is 1.90 bits per heavy atom. The Morgan fingerprint density at radius 1 is 1.10 bits per heavy atom. The topological polar surface area (TPSA) is 34.0 Å². The average molecular weight is 414 g/mol. The number of pyridine rings is 1. The van der Waals surface area contributed by atoms with Gasteiger partial charge in [0.15, 0.2) is 0 Å². The fraction of sp³-hybridized carbons (Fsp3) is 0.391. The van der Waals surface area contributed by atoms with Gasteiger partial charge in [-0.3, -0.25) is 9.88 Å². The summed E-state index contributed by atoms with van der Waals surface area (Å²) in [5.74, 6) is 1.41. The zero-order chi connectivity index (χ0) is 21.1. The first-order valence-corrected chi connectivity index (χ1v) is 10.2. The van der Waals surface area contributed by atoms with Crippen molar-refractivity contribution in [3.8, 4) is 0 Å². The van der Waals surface area contributed by atoms with E-state index < -0.39 is 11.7 Å². The minimum Gasteiger partial charge on any atom is -0.337 e. The highest BCUT2D eigenvalue weighted by molar-refractivity contribution is 5.28. The molecule has 0 spiro atoms. The van der Waals surface area contributed by atoms with Gasteiger partial charge in [0.25, 0.3) is 0 Å². The second kappa shape index (κ2) is 8.60. The second-order valence-electron chi connectivity index (χ2n) is 7.95. The maximum absolute atomic E-state index is 12.8. The smallest absolute Gasteiger partial charge is 0.337 e. The van der Waals surface area contributed by atoms with Crippen LogP contribution in [-0.2, 0) is 26.2 Å². The molecule has 7 heteroatoms. The van der Waals surface area contributed by atoms with Crippen molar-refractivity contribution in [2.75, 3.05) is 13.1 Å². The summed E-state index contributed by atoms with van der Waals surface area (Å²) < 4.78 is 40.3. The van der Waals surface area contributed by atoms with Crippen LogP contribution in [0.3, 0.4) is 0 Å². The molecule has 1 aliphatic heterocycles. The first-order chi connectivity index (χ1) is 14.4. The summed E-state index contributed by atoms with van der Waals surface area (Å²) in [6.07, 6.45) is 2.20. The number of hydrogen-bond donors (Lipinski definition) is 0. The number of aryl methyl sites for hydroxylation is 1. The lowest BCUT2D eigenvalue weighted by Crippen LogP contribution is -2.35. The molecule has 3 aromatic rings. The Hall–Kier alpha value is -2.67. The van der Waals surface area contributed by atoms with Crippen LogP contribution in [0.25, 0.3) is 0 Å². The zero-order valence-electron chi connectivity index (χ0n) is 16.9. The predicted molar refractivity (Wildman–Crippen MR) is 109 cm³/mol. The number of piperidine rings is 1. The maximum atomic E-state index is 12.8. The van der Waals surface area contributed by atoms with Crippen LogP contribution in [0.5, 0.6) is 0 Å². The van der Waals surface area contributed by atoms with Crippen LogP contribution in [0, 0.1) is 0 Å². The lowest BCUT2D eigenvalue weighted by atomic mass is 9.94. The van der Waals surface area contributed by atoms with Crippen molar-refractivity contribution in [3.63, 3.8) is 0 Å². The van der Waals surface area contributed by atoms with E-state index in [2.05, 4.69) is 16.0 Å². The Morgan fingerprint density at radius 3 is 2.60 bits per heavy atom. The lowest BCUT2D eigenvalue weighted by molar-refractivity contribution is -0.137. The molecule has 0 unspecified atom stereocenters. The van der Waals surface area contributed by atoms with Gasteiger partial charge in [0.1, 0.15) is 5.82 Å². The first-order valence-electron chi connectivity index (χ1n) is 10.2. The Bertz CT molecular complexity index is 979. The van der Waals surface area contributed by atoms with Crippen LogP contribution in [0.15, 0.2) is 54.9 Å². The number of rotatable bonds is 5. The number of alkyl halides is 3. The highest BCUT2D eigenvalue weighted by Gasteiger charge is 2.30. The molecule has 2 aromatic heterocycles. The fourth-order valence-corrected chi connectivity index (χ4v) is 4.03. The summed E-state index contributed by atoms with van der Waals surface area (Å²) >= 11 is 0. The SMILES string of the molecule is Cn1ccnc1CN1CCC[C@@H](c2cccc(Cc3ccc(C(F)(F)F)cc3)n2)C1. The van der Waals surface area contributed by atoms with Crippen molar-refractivity contribution in [2.45, 2.75) is 37.9 Å². The number of halogens is 3. The van der Waals surface area contributed by atoms with Crippen molar-refractivity contribution in [2.24, 2.45) is 7.05 Å². The minimum absolute atomic E-state index is 0.353. The molecule has 1 aliphatic rings. The van der Waals surface area contributed by atoms with E-state index in [1.54, 1.807) is 0 Å². The van der Waals surface area contributed by atoms with E-state index in [9.17, 15) is 13.2 Å². The molecular formula is C23H25F3N4. The third-order valence-electron chi connectivity index (χ3n) is 5.70. The third-order valence-corrected chi connectivity index (χ3v) is 5.70. The van der Waals surface area contributed by atoms with Gasteiger partial charge in [0.2, 0.25) is 0 Å². The summed E-state index contributed by atoms with van der Waals surface area (Å²) in [6.45, 7) is 2.81. The number of benzene rings is 1. The quantitative estimate of drug-likeness (QED) is 0.601. The highest BCUT2D eigenvalue weighted by Crippen LogP contribution is 2.30. The van der Waals surface area contributed by atoms with Crippen LogP contribution in [0.1, 0.15) is 47.1 Å². The van der Waals surface area contributed by atoms with Gasteiger partial charge in [-0.15, -0.1) is 0 Å². The standard InChI is InChI=1S/C23H25F3N4/c1-29-13-11-27-22(29)16-30-12-3-4-18(15-30)21-6-2-5-20(28-21)14-17-7-9-19(10-8-17)23(24,25)26/h2,5-11,13,18H,3-4,12,14-16H2,1H3/t18-/m1/s1. The molecule has 0 radical (unpaired) electrons. The van der Waals surface area contributed by atoms with Crippen molar-refractivity contribution < 1.29 is 13.2 Å². The second-order valence-corrected chi connectivity index (χ2v) is 7.95. The summed E-state index contributed by atoms with van der Waals surface area (Å²) in [4.78, 5) is 11.7. The van der Waals surface area contributed by atoms with Crippen molar-refractivity contribution in [1.29, 1.82) is 0 Å². The Labute approximate surface area is 174 Å². The molecule has 0 aliphatic carbocycles. The van der Waals surface area contributed by atoms with E-state index >= 15 is 0 Å². The monoisotopic (exact) mass is 414 g/mol. The van der Waals surface area contributed by atoms with Gasteiger partial charge in [0, 0.05) is 49.7 Å². The van der Waals surface area contributed by atoms with E-state index in [4.69, 9.17) is 4.98 Å². The molecular weight excluding hydrogens is 389 g/mol. The van der Waals surface area contributed by atoms with Crippen LogP contribution in [-0.4, -0.2) is 32.5 Å². The van der Waals surface area contributed by atoms with E-state index in [1.165, 1.54) is 12.1 Å². The number of nitrogens with zero attached hydrogens (tertiary/aromatic N) is 4. The van der Waals surface area contributed by atoms with Gasteiger partial charge in [0.05, 0.1) is 12.1 Å². The zero-order valence-corrected chi connectivity index (χ0v) is 16.9. The van der Waals surface area contributed by atoms with Gasteiger partial charge in [-0.1, -0.05) is 18.2 Å². The fourth-order valence-electron chi connectivity index (χ4n) is 4.03. The molecule has 1 saturated heterocycles. The third kappa shape index (κ3) is 4.90.